The molecule has 7 heteroatoms. The van der Waals surface area contributed by atoms with Crippen molar-refractivity contribution in [3.05, 3.63) is 56.1 Å². The highest BCUT2D eigenvalue weighted by molar-refractivity contribution is 6.30. The van der Waals surface area contributed by atoms with Crippen molar-refractivity contribution in [1.82, 2.24) is 14.5 Å². The third-order valence-corrected chi connectivity index (χ3v) is 2.96. The number of aromatic amines is 1. The molecule has 0 saturated carbocycles. The SMILES string of the molecule is CCCNc1ccnc(Cn2cc(Cl)c(=O)[nH]c2=O)c1. The lowest BCUT2D eigenvalue weighted by atomic mass is 10.3. The molecule has 0 bridgehead atoms. The largest absolute Gasteiger partial charge is 0.385 e. The van der Waals surface area contributed by atoms with E-state index in [2.05, 4.69) is 22.2 Å². The van der Waals surface area contributed by atoms with E-state index in [0.29, 0.717) is 5.69 Å². The first-order valence-corrected chi connectivity index (χ1v) is 6.66. The molecule has 20 heavy (non-hydrogen) atoms. The fourth-order valence-corrected chi connectivity index (χ4v) is 1.88. The summed E-state index contributed by atoms with van der Waals surface area (Å²) >= 11 is 5.72. The van der Waals surface area contributed by atoms with E-state index in [4.69, 9.17) is 11.6 Å². The minimum Gasteiger partial charge on any atom is -0.385 e. The zero-order chi connectivity index (χ0) is 14.5. The van der Waals surface area contributed by atoms with Crippen molar-refractivity contribution in [2.75, 3.05) is 11.9 Å². The summed E-state index contributed by atoms with van der Waals surface area (Å²) in [4.78, 5) is 29.2. The van der Waals surface area contributed by atoms with E-state index in [1.807, 2.05) is 12.1 Å². The van der Waals surface area contributed by atoms with Gasteiger partial charge in [0.25, 0.3) is 5.56 Å². The Morgan fingerprint density at radius 1 is 1.45 bits per heavy atom. The molecule has 0 unspecified atom stereocenters. The molecule has 2 rings (SSSR count). The van der Waals surface area contributed by atoms with Crippen molar-refractivity contribution in [2.45, 2.75) is 19.9 Å². The number of hydrogen-bond donors (Lipinski definition) is 2. The molecule has 2 heterocycles. The minimum absolute atomic E-state index is 0.0233. The van der Waals surface area contributed by atoms with Gasteiger partial charge < -0.3 is 5.32 Å². The molecule has 0 aliphatic heterocycles. The van der Waals surface area contributed by atoms with Crippen LogP contribution in [0.15, 0.2) is 34.1 Å². The number of aromatic nitrogens is 3. The van der Waals surface area contributed by atoms with Gasteiger partial charge in [-0.2, -0.15) is 0 Å². The van der Waals surface area contributed by atoms with Gasteiger partial charge in [-0.15, -0.1) is 0 Å². The molecular weight excluding hydrogens is 280 g/mol. The Bertz CT molecular complexity index is 708. The fourth-order valence-electron chi connectivity index (χ4n) is 1.72. The highest BCUT2D eigenvalue weighted by atomic mass is 35.5. The second-order valence-electron chi connectivity index (χ2n) is 4.33. The van der Waals surface area contributed by atoms with E-state index < -0.39 is 11.2 Å². The lowest BCUT2D eigenvalue weighted by Gasteiger charge is -2.08. The van der Waals surface area contributed by atoms with E-state index >= 15 is 0 Å². The first kappa shape index (κ1) is 14.3. The predicted octanol–water partition coefficient (Wildman–Crippen LogP) is 1.46. The van der Waals surface area contributed by atoms with Crippen LogP contribution < -0.4 is 16.6 Å². The molecule has 0 atom stereocenters. The van der Waals surface area contributed by atoms with Crippen LogP contribution in [0.2, 0.25) is 5.02 Å². The van der Waals surface area contributed by atoms with Crippen molar-refractivity contribution < 1.29 is 0 Å². The fraction of sp³-hybridized carbons (Fsp3) is 0.308. The topological polar surface area (TPSA) is 79.8 Å². The minimum atomic E-state index is -0.584. The Morgan fingerprint density at radius 3 is 3.00 bits per heavy atom. The van der Waals surface area contributed by atoms with Crippen LogP contribution in [0.25, 0.3) is 0 Å². The second kappa shape index (κ2) is 6.38. The maximum atomic E-state index is 11.7. The number of H-pyrrole nitrogens is 1. The Labute approximate surface area is 120 Å². The Kier molecular flexibility index (Phi) is 4.57. The summed E-state index contributed by atoms with van der Waals surface area (Å²) in [7, 11) is 0. The van der Waals surface area contributed by atoms with E-state index in [1.54, 1.807) is 6.20 Å². The van der Waals surface area contributed by atoms with Crippen molar-refractivity contribution >= 4 is 17.3 Å². The van der Waals surface area contributed by atoms with Crippen LogP contribution in [-0.4, -0.2) is 21.1 Å². The van der Waals surface area contributed by atoms with E-state index in [-0.39, 0.29) is 11.6 Å². The van der Waals surface area contributed by atoms with Crippen molar-refractivity contribution in [3.63, 3.8) is 0 Å². The summed E-state index contributed by atoms with van der Waals surface area (Å²) in [5, 5.41) is 3.22. The molecule has 2 aromatic rings. The Balaban J connectivity index is 2.24. The molecule has 6 nitrogen and oxygen atoms in total. The van der Waals surface area contributed by atoms with E-state index in [9.17, 15) is 9.59 Å². The lowest BCUT2D eigenvalue weighted by molar-refractivity contribution is 0.705. The van der Waals surface area contributed by atoms with Gasteiger partial charge in [-0.1, -0.05) is 18.5 Å². The summed E-state index contributed by atoms with van der Waals surface area (Å²) in [6.07, 6.45) is 4.01. The zero-order valence-corrected chi connectivity index (χ0v) is 11.8. The van der Waals surface area contributed by atoms with Gasteiger partial charge in [-0.05, 0) is 18.6 Å². The number of nitrogens with one attached hydrogen (secondary N) is 2. The van der Waals surface area contributed by atoms with Crippen LogP contribution in [0.1, 0.15) is 19.0 Å². The number of rotatable bonds is 5. The molecule has 0 radical (unpaired) electrons. The molecule has 0 spiro atoms. The summed E-state index contributed by atoms with van der Waals surface area (Å²) in [5.41, 5.74) is 0.559. The van der Waals surface area contributed by atoms with Gasteiger partial charge >= 0.3 is 5.69 Å². The van der Waals surface area contributed by atoms with Crippen LogP contribution in [0.5, 0.6) is 0 Å². The van der Waals surface area contributed by atoms with Gasteiger partial charge in [0.15, 0.2) is 0 Å². The molecule has 0 fully saturated rings. The monoisotopic (exact) mass is 294 g/mol. The van der Waals surface area contributed by atoms with Crippen LogP contribution in [0.3, 0.4) is 0 Å². The van der Waals surface area contributed by atoms with Gasteiger partial charge in [0.2, 0.25) is 0 Å². The molecule has 0 amide bonds. The van der Waals surface area contributed by atoms with E-state index in [0.717, 1.165) is 18.7 Å². The molecule has 106 valence electrons. The number of nitrogens with zero attached hydrogens (tertiary/aromatic N) is 2. The Morgan fingerprint density at radius 2 is 2.25 bits per heavy atom. The van der Waals surface area contributed by atoms with Crippen LogP contribution in [0.4, 0.5) is 5.69 Å². The predicted molar refractivity (Wildman–Crippen MR) is 78.5 cm³/mol. The summed E-state index contributed by atoms with van der Waals surface area (Å²) < 4.78 is 1.32. The Hall–Kier alpha value is -2.08. The lowest BCUT2D eigenvalue weighted by Crippen LogP contribution is -2.30. The first-order chi connectivity index (χ1) is 9.60. The van der Waals surface area contributed by atoms with Gasteiger partial charge in [-0.3, -0.25) is 19.3 Å². The zero-order valence-electron chi connectivity index (χ0n) is 11.0. The highest BCUT2D eigenvalue weighted by Gasteiger charge is 2.04. The average Bonchev–Trinajstić information content (AvgIpc) is 2.43. The third kappa shape index (κ3) is 3.48. The average molecular weight is 295 g/mol. The van der Waals surface area contributed by atoms with Gasteiger partial charge in [0.05, 0.1) is 12.2 Å². The number of anilines is 1. The highest BCUT2D eigenvalue weighted by Crippen LogP contribution is 2.09. The van der Waals surface area contributed by atoms with Gasteiger partial charge in [-0.25, -0.2) is 4.79 Å². The summed E-state index contributed by atoms with van der Waals surface area (Å²) in [6, 6.07) is 3.73. The van der Waals surface area contributed by atoms with Crippen LogP contribution in [-0.2, 0) is 6.54 Å². The molecule has 0 saturated heterocycles. The maximum Gasteiger partial charge on any atom is 0.328 e. The van der Waals surface area contributed by atoms with Crippen molar-refractivity contribution in [3.8, 4) is 0 Å². The van der Waals surface area contributed by atoms with Crippen molar-refractivity contribution in [1.29, 1.82) is 0 Å². The number of halogens is 1. The third-order valence-electron chi connectivity index (χ3n) is 2.70. The molecule has 2 aromatic heterocycles. The summed E-state index contributed by atoms with van der Waals surface area (Å²) in [5.74, 6) is 0. The number of pyridine rings is 1. The van der Waals surface area contributed by atoms with Crippen LogP contribution >= 0.6 is 11.6 Å². The second-order valence-corrected chi connectivity index (χ2v) is 4.73. The smallest absolute Gasteiger partial charge is 0.328 e. The van der Waals surface area contributed by atoms with E-state index in [1.165, 1.54) is 10.8 Å². The van der Waals surface area contributed by atoms with Crippen molar-refractivity contribution in [2.24, 2.45) is 0 Å². The molecule has 2 N–H and O–H groups in total. The number of hydrogen-bond acceptors (Lipinski definition) is 4. The summed E-state index contributed by atoms with van der Waals surface area (Å²) in [6.45, 7) is 3.20. The first-order valence-electron chi connectivity index (χ1n) is 6.28. The molecule has 0 aliphatic carbocycles. The molecular formula is C13H15ClN4O2. The van der Waals surface area contributed by atoms with Gasteiger partial charge in [0.1, 0.15) is 5.02 Å². The molecule has 0 aliphatic rings. The quantitative estimate of drug-likeness (QED) is 0.875. The van der Waals surface area contributed by atoms with Gasteiger partial charge in [0, 0.05) is 24.6 Å². The molecule has 0 aromatic carbocycles. The van der Waals surface area contributed by atoms with Crippen LogP contribution in [0, 0.1) is 0 Å². The normalized spacial score (nSPS) is 10.5. The standard InChI is InChI=1S/C13H15ClN4O2/c1-2-4-15-9-3-5-16-10(6-9)7-18-8-11(14)12(19)17-13(18)20/h3,5-6,8H,2,4,7H2,1H3,(H,15,16)(H,17,19,20). The maximum absolute atomic E-state index is 11.7.